The predicted octanol–water partition coefficient (Wildman–Crippen LogP) is 2.05. The van der Waals surface area contributed by atoms with Crippen molar-refractivity contribution in [2.45, 2.75) is 0 Å². The molecule has 0 radical (unpaired) electrons. The van der Waals surface area contributed by atoms with Gasteiger partial charge in [0.05, 0.1) is 11.9 Å². The number of halogens is 1. The summed E-state index contributed by atoms with van der Waals surface area (Å²) >= 11 is 0. The highest BCUT2D eigenvalue weighted by Gasteiger charge is 2.04. The average Bonchev–Trinajstić information content (AvgIpc) is 2.22. The minimum absolute atomic E-state index is 0.311. The van der Waals surface area contributed by atoms with E-state index in [-0.39, 0.29) is 5.82 Å². The average molecular weight is 203 g/mol. The van der Waals surface area contributed by atoms with E-state index < -0.39 is 0 Å². The van der Waals surface area contributed by atoms with Gasteiger partial charge in [-0.3, -0.25) is 0 Å². The fourth-order valence-corrected chi connectivity index (χ4v) is 1.38. The first kappa shape index (κ1) is 9.45. The lowest BCUT2D eigenvalue weighted by molar-refractivity contribution is 0.628. The minimum Gasteiger partial charge on any atom is -0.397 e. The quantitative estimate of drug-likeness (QED) is 0.745. The third-order valence-corrected chi connectivity index (χ3v) is 2.08. The van der Waals surface area contributed by atoms with Gasteiger partial charge in [0.1, 0.15) is 11.6 Å². The predicted molar refractivity (Wildman–Crippen MR) is 58.5 cm³/mol. The van der Waals surface area contributed by atoms with Crippen molar-refractivity contribution >= 4 is 11.5 Å². The molecular weight excluding hydrogens is 193 g/mol. The number of nitrogen functional groups attached to an aromatic ring is 2. The Kier molecular flexibility index (Phi) is 2.25. The van der Waals surface area contributed by atoms with E-state index in [1.54, 1.807) is 18.2 Å². The molecular formula is C11H10FN3. The zero-order valence-corrected chi connectivity index (χ0v) is 7.94. The number of nitrogens with two attached hydrogens (primary N) is 2. The lowest BCUT2D eigenvalue weighted by atomic mass is 10.1. The SMILES string of the molecule is Nc1cnc(N)c(-c2cccc(F)c2)c1. The van der Waals surface area contributed by atoms with Crippen molar-refractivity contribution in [3.63, 3.8) is 0 Å². The Balaban J connectivity index is 2.58. The van der Waals surface area contributed by atoms with Gasteiger partial charge >= 0.3 is 0 Å². The molecule has 0 saturated heterocycles. The van der Waals surface area contributed by atoms with Gasteiger partial charge < -0.3 is 11.5 Å². The van der Waals surface area contributed by atoms with E-state index in [4.69, 9.17) is 11.5 Å². The maximum atomic E-state index is 13.0. The van der Waals surface area contributed by atoms with Crippen LogP contribution in [-0.4, -0.2) is 4.98 Å². The summed E-state index contributed by atoms with van der Waals surface area (Å²) in [6.45, 7) is 0. The van der Waals surface area contributed by atoms with Crippen molar-refractivity contribution in [2.75, 3.05) is 11.5 Å². The normalized spacial score (nSPS) is 10.2. The highest BCUT2D eigenvalue weighted by atomic mass is 19.1. The fraction of sp³-hybridized carbons (Fsp3) is 0. The van der Waals surface area contributed by atoms with Gasteiger partial charge in [0.15, 0.2) is 0 Å². The van der Waals surface area contributed by atoms with Crippen molar-refractivity contribution in [1.29, 1.82) is 0 Å². The second-order valence-corrected chi connectivity index (χ2v) is 3.21. The van der Waals surface area contributed by atoms with Gasteiger partial charge in [0.2, 0.25) is 0 Å². The zero-order valence-electron chi connectivity index (χ0n) is 7.94. The molecule has 2 rings (SSSR count). The first-order chi connectivity index (χ1) is 7.16. The summed E-state index contributed by atoms with van der Waals surface area (Å²) < 4.78 is 13.0. The van der Waals surface area contributed by atoms with Crippen LogP contribution in [0.2, 0.25) is 0 Å². The van der Waals surface area contributed by atoms with Crippen LogP contribution in [-0.2, 0) is 0 Å². The summed E-state index contributed by atoms with van der Waals surface area (Å²) in [7, 11) is 0. The molecule has 0 aliphatic heterocycles. The van der Waals surface area contributed by atoms with Crippen molar-refractivity contribution in [1.82, 2.24) is 4.98 Å². The zero-order chi connectivity index (χ0) is 10.8. The Morgan fingerprint density at radius 2 is 1.93 bits per heavy atom. The number of nitrogens with zero attached hydrogens (tertiary/aromatic N) is 1. The maximum Gasteiger partial charge on any atom is 0.131 e. The summed E-state index contributed by atoms with van der Waals surface area (Å²) in [6, 6.07) is 7.83. The molecule has 1 aromatic heterocycles. The van der Waals surface area contributed by atoms with E-state index in [1.807, 2.05) is 0 Å². The molecule has 0 bridgehead atoms. The summed E-state index contributed by atoms with van der Waals surface area (Å²) in [6.07, 6.45) is 1.47. The maximum absolute atomic E-state index is 13.0. The number of aromatic nitrogens is 1. The molecule has 76 valence electrons. The molecule has 4 N–H and O–H groups in total. The molecule has 0 aliphatic rings. The second-order valence-electron chi connectivity index (χ2n) is 3.21. The number of pyridine rings is 1. The minimum atomic E-state index is -0.311. The van der Waals surface area contributed by atoms with Gasteiger partial charge in [0, 0.05) is 5.56 Å². The molecule has 0 saturated carbocycles. The van der Waals surface area contributed by atoms with Crippen LogP contribution in [0, 0.1) is 5.82 Å². The molecule has 1 aromatic carbocycles. The first-order valence-electron chi connectivity index (χ1n) is 4.44. The third-order valence-electron chi connectivity index (χ3n) is 2.08. The Bertz CT molecular complexity index is 497. The van der Waals surface area contributed by atoms with Crippen LogP contribution < -0.4 is 11.5 Å². The molecule has 1 heterocycles. The van der Waals surface area contributed by atoms with Gasteiger partial charge in [-0.25, -0.2) is 9.37 Å². The van der Waals surface area contributed by atoms with Gasteiger partial charge in [-0.2, -0.15) is 0 Å². The largest absolute Gasteiger partial charge is 0.397 e. The van der Waals surface area contributed by atoms with Crippen molar-refractivity contribution < 1.29 is 4.39 Å². The lowest BCUT2D eigenvalue weighted by Gasteiger charge is -2.05. The van der Waals surface area contributed by atoms with Crippen molar-refractivity contribution in [3.8, 4) is 11.1 Å². The molecule has 2 aromatic rings. The van der Waals surface area contributed by atoms with E-state index in [9.17, 15) is 4.39 Å². The van der Waals surface area contributed by atoms with E-state index in [0.29, 0.717) is 22.6 Å². The topological polar surface area (TPSA) is 64.9 Å². The second kappa shape index (κ2) is 3.57. The number of benzene rings is 1. The van der Waals surface area contributed by atoms with Gasteiger partial charge in [-0.05, 0) is 23.8 Å². The van der Waals surface area contributed by atoms with Gasteiger partial charge in [-0.15, -0.1) is 0 Å². The highest BCUT2D eigenvalue weighted by Crippen LogP contribution is 2.26. The van der Waals surface area contributed by atoms with Crippen LogP contribution >= 0.6 is 0 Å². The monoisotopic (exact) mass is 203 g/mol. The summed E-state index contributed by atoms with van der Waals surface area (Å²) in [5.41, 5.74) is 13.1. The van der Waals surface area contributed by atoms with E-state index in [0.717, 1.165) is 0 Å². The van der Waals surface area contributed by atoms with E-state index >= 15 is 0 Å². The Hall–Kier alpha value is -2.10. The van der Waals surface area contributed by atoms with E-state index in [1.165, 1.54) is 18.3 Å². The summed E-state index contributed by atoms with van der Waals surface area (Å²) in [4.78, 5) is 3.92. The molecule has 0 unspecified atom stereocenters. The number of hydrogen-bond donors (Lipinski definition) is 2. The summed E-state index contributed by atoms with van der Waals surface area (Å²) in [5.74, 6) is 0.0316. The molecule has 0 amide bonds. The molecule has 3 nitrogen and oxygen atoms in total. The molecule has 15 heavy (non-hydrogen) atoms. The lowest BCUT2D eigenvalue weighted by Crippen LogP contribution is -1.96. The van der Waals surface area contributed by atoms with Crippen LogP contribution in [0.25, 0.3) is 11.1 Å². The Labute approximate surface area is 86.6 Å². The number of anilines is 2. The molecule has 0 atom stereocenters. The smallest absolute Gasteiger partial charge is 0.131 e. The standard InChI is InChI=1S/C11H10FN3/c12-8-3-1-2-7(4-8)10-5-9(13)6-15-11(10)14/h1-6H,13H2,(H2,14,15). The van der Waals surface area contributed by atoms with Gasteiger partial charge in [0.25, 0.3) is 0 Å². The molecule has 4 heteroatoms. The van der Waals surface area contributed by atoms with Crippen LogP contribution in [0.15, 0.2) is 36.5 Å². The molecule has 0 fully saturated rings. The Morgan fingerprint density at radius 3 is 2.67 bits per heavy atom. The van der Waals surface area contributed by atoms with Crippen LogP contribution in [0.1, 0.15) is 0 Å². The van der Waals surface area contributed by atoms with Crippen molar-refractivity contribution in [2.24, 2.45) is 0 Å². The number of rotatable bonds is 1. The van der Waals surface area contributed by atoms with Crippen LogP contribution in [0.4, 0.5) is 15.9 Å². The van der Waals surface area contributed by atoms with Gasteiger partial charge in [-0.1, -0.05) is 12.1 Å². The fourth-order valence-electron chi connectivity index (χ4n) is 1.38. The molecule has 0 aliphatic carbocycles. The third kappa shape index (κ3) is 1.88. The Morgan fingerprint density at radius 1 is 1.13 bits per heavy atom. The van der Waals surface area contributed by atoms with Crippen molar-refractivity contribution in [3.05, 3.63) is 42.3 Å². The van der Waals surface area contributed by atoms with E-state index in [2.05, 4.69) is 4.98 Å². The van der Waals surface area contributed by atoms with Crippen LogP contribution in [0.5, 0.6) is 0 Å². The highest BCUT2D eigenvalue weighted by molar-refractivity contribution is 5.76. The van der Waals surface area contributed by atoms with Crippen LogP contribution in [0.3, 0.4) is 0 Å². The summed E-state index contributed by atoms with van der Waals surface area (Å²) in [5, 5.41) is 0. The molecule has 0 spiro atoms. The first-order valence-corrected chi connectivity index (χ1v) is 4.44. The number of hydrogen-bond acceptors (Lipinski definition) is 3.